The van der Waals surface area contributed by atoms with Crippen LogP contribution < -0.4 is 10.2 Å². The molecule has 0 spiro atoms. The third-order valence-electron chi connectivity index (χ3n) is 5.17. The van der Waals surface area contributed by atoms with E-state index in [0.717, 1.165) is 27.5 Å². The van der Waals surface area contributed by atoms with Crippen LogP contribution in [0.2, 0.25) is 0 Å². The second-order valence-electron chi connectivity index (χ2n) is 7.49. The number of para-hydroxylation sites is 1. The van der Waals surface area contributed by atoms with E-state index < -0.39 is 0 Å². The molecule has 0 atom stereocenters. The Morgan fingerprint density at radius 3 is 2.48 bits per heavy atom. The molecule has 4 nitrogen and oxygen atoms in total. The quantitative estimate of drug-likeness (QED) is 0.324. The molecule has 154 valence electrons. The molecule has 0 saturated carbocycles. The molecule has 4 aromatic rings. The molecular weight excluding hydrogens is 384 g/mol. The number of hydrogen-bond acceptors (Lipinski definition) is 3. The zero-order valence-electron chi connectivity index (χ0n) is 17.6. The van der Waals surface area contributed by atoms with Gasteiger partial charge in [0.1, 0.15) is 12.4 Å². The fourth-order valence-corrected chi connectivity index (χ4v) is 3.46. The summed E-state index contributed by atoms with van der Waals surface area (Å²) < 4.78 is 5.98. The minimum Gasteiger partial charge on any atom is -0.488 e. The summed E-state index contributed by atoms with van der Waals surface area (Å²) in [7, 11) is 0. The first-order chi connectivity index (χ1) is 15.1. The number of ether oxygens (including phenoxy) is 1. The largest absolute Gasteiger partial charge is 0.488 e. The third kappa shape index (κ3) is 4.81. The van der Waals surface area contributed by atoms with Crippen LogP contribution in [0.1, 0.15) is 32.6 Å². The molecule has 4 aromatic carbocycles. The summed E-state index contributed by atoms with van der Waals surface area (Å²) >= 11 is 0. The standard InChI is InChI=1S/C27H24N2O2/c1-19-11-14-21(15-12-19)18-31-25-10-6-4-8-23(25)17-28-29-27(30)26-20(2)13-16-22-7-3-5-9-24(22)26/h3-17H,18H2,1-2H3,(H,29,30)/b28-17-. The summed E-state index contributed by atoms with van der Waals surface area (Å²) in [5.74, 6) is 0.478. The monoisotopic (exact) mass is 408 g/mol. The molecule has 0 aliphatic heterocycles. The van der Waals surface area contributed by atoms with Crippen molar-refractivity contribution in [2.24, 2.45) is 5.10 Å². The molecule has 4 heteroatoms. The summed E-state index contributed by atoms with van der Waals surface area (Å²) in [6, 6.07) is 27.7. The molecule has 0 heterocycles. The Labute approximate surface area is 182 Å². The van der Waals surface area contributed by atoms with Gasteiger partial charge in [0.25, 0.3) is 5.91 Å². The van der Waals surface area contributed by atoms with Crippen LogP contribution in [0.4, 0.5) is 0 Å². The van der Waals surface area contributed by atoms with Gasteiger partial charge in [-0.1, -0.05) is 78.4 Å². The van der Waals surface area contributed by atoms with Gasteiger partial charge in [-0.3, -0.25) is 4.79 Å². The number of amides is 1. The zero-order chi connectivity index (χ0) is 21.6. The van der Waals surface area contributed by atoms with Gasteiger partial charge >= 0.3 is 0 Å². The van der Waals surface area contributed by atoms with E-state index in [1.165, 1.54) is 5.56 Å². The zero-order valence-corrected chi connectivity index (χ0v) is 17.6. The topological polar surface area (TPSA) is 50.7 Å². The SMILES string of the molecule is Cc1ccc(COc2ccccc2/C=N\NC(=O)c2c(C)ccc3ccccc23)cc1. The number of aryl methyl sites for hydroxylation is 2. The van der Waals surface area contributed by atoms with Crippen LogP contribution in [-0.4, -0.2) is 12.1 Å². The molecule has 0 bridgehead atoms. The minimum absolute atomic E-state index is 0.233. The van der Waals surface area contributed by atoms with Gasteiger partial charge in [0.15, 0.2) is 0 Å². The molecule has 0 unspecified atom stereocenters. The van der Waals surface area contributed by atoms with Gasteiger partial charge in [0, 0.05) is 5.56 Å². The number of fused-ring (bicyclic) bond motifs is 1. The lowest BCUT2D eigenvalue weighted by molar-refractivity contribution is 0.0956. The second kappa shape index (κ2) is 9.26. The number of carbonyl (C=O) groups excluding carboxylic acids is 1. The van der Waals surface area contributed by atoms with E-state index in [9.17, 15) is 4.79 Å². The Morgan fingerprint density at radius 1 is 0.903 bits per heavy atom. The van der Waals surface area contributed by atoms with Crippen molar-refractivity contribution in [2.45, 2.75) is 20.5 Å². The summed E-state index contributed by atoms with van der Waals surface area (Å²) in [6.45, 7) is 4.45. The lowest BCUT2D eigenvalue weighted by Crippen LogP contribution is -2.19. The van der Waals surface area contributed by atoms with Gasteiger partial charge in [0.05, 0.1) is 11.8 Å². The van der Waals surface area contributed by atoms with Crippen LogP contribution in [0, 0.1) is 13.8 Å². The molecule has 0 saturated heterocycles. The highest BCUT2D eigenvalue weighted by molar-refractivity contribution is 6.08. The Morgan fingerprint density at radius 2 is 1.65 bits per heavy atom. The summed E-state index contributed by atoms with van der Waals surface area (Å²) in [6.07, 6.45) is 1.61. The van der Waals surface area contributed by atoms with Crippen molar-refractivity contribution in [3.8, 4) is 5.75 Å². The summed E-state index contributed by atoms with van der Waals surface area (Å²) in [5.41, 5.74) is 7.32. The van der Waals surface area contributed by atoms with Gasteiger partial charge < -0.3 is 4.74 Å². The first-order valence-electron chi connectivity index (χ1n) is 10.2. The first-order valence-corrected chi connectivity index (χ1v) is 10.2. The Balaban J connectivity index is 1.48. The van der Waals surface area contributed by atoms with Crippen LogP contribution in [0.5, 0.6) is 5.75 Å². The normalized spacial score (nSPS) is 11.0. The average Bonchev–Trinajstić information content (AvgIpc) is 2.79. The van der Waals surface area contributed by atoms with Crippen LogP contribution >= 0.6 is 0 Å². The highest BCUT2D eigenvalue weighted by atomic mass is 16.5. The smallest absolute Gasteiger partial charge is 0.272 e. The summed E-state index contributed by atoms with van der Waals surface area (Å²) in [4.78, 5) is 12.8. The molecule has 0 aromatic heterocycles. The van der Waals surface area contributed by atoms with Crippen molar-refractivity contribution in [3.05, 3.63) is 113 Å². The van der Waals surface area contributed by atoms with E-state index in [0.29, 0.717) is 17.9 Å². The third-order valence-corrected chi connectivity index (χ3v) is 5.17. The van der Waals surface area contributed by atoms with Crippen molar-refractivity contribution in [1.29, 1.82) is 0 Å². The van der Waals surface area contributed by atoms with E-state index in [-0.39, 0.29) is 5.91 Å². The van der Waals surface area contributed by atoms with Gasteiger partial charge in [-0.15, -0.1) is 0 Å². The van der Waals surface area contributed by atoms with Crippen molar-refractivity contribution < 1.29 is 9.53 Å². The fourth-order valence-electron chi connectivity index (χ4n) is 3.46. The number of benzene rings is 4. The van der Waals surface area contributed by atoms with Crippen molar-refractivity contribution in [3.63, 3.8) is 0 Å². The molecular formula is C27H24N2O2. The van der Waals surface area contributed by atoms with Crippen LogP contribution in [0.3, 0.4) is 0 Å². The van der Waals surface area contributed by atoms with Crippen molar-refractivity contribution in [2.75, 3.05) is 0 Å². The fraction of sp³-hybridized carbons (Fsp3) is 0.111. The number of nitrogens with one attached hydrogen (secondary N) is 1. The molecule has 0 aliphatic rings. The Hall–Kier alpha value is -3.92. The number of hydrazone groups is 1. The minimum atomic E-state index is -0.233. The molecule has 1 N–H and O–H groups in total. The molecule has 31 heavy (non-hydrogen) atoms. The summed E-state index contributed by atoms with van der Waals surface area (Å²) in [5, 5.41) is 6.13. The Bertz CT molecular complexity index is 1240. The average molecular weight is 409 g/mol. The maximum absolute atomic E-state index is 12.8. The van der Waals surface area contributed by atoms with Gasteiger partial charge in [-0.05, 0) is 47.9 Å². The van der Waals surface area contributed by atoms with E-state index >= 15 is 0 Å². The number of carbonyl (C=O) groups is 1. The maximum atomic E-state index is 12.8. The predicted octanol–water partition coefficient (Wildman–Crippen LogP) is 5.80. The van der Waals surface area contributed by atoms with Gasteiger partial charge in [-0.2, -0.15) is 5.10 Å². The number of nitrogens with zero attached hydrogens (tertiary/aromatic N) is 1. The van der Waals surface area contributed by atoms with Crippen molar-refractivity contribution >= 4 is 22.9 Å². The van der Waals surface area contributed by atoms with E-state index in [1.807, 2.05) is 67.6 Å². The van der Waals surface area contributed by atoms with Crippen molar-refractivity contribution in [1.82, 2.24) is 5.43 Å². The second-order valence-corrected chi connectivity index (χ2v) is 7.49. The molecule has 1 amide bonds. The molecule has 4 rings (SSSR count). The molecule has 0 radical (unpaired) electrons. The van der Waals surface area contributed by atoms with Crippen LogP contribution in [0.25, 0.3) is 10.8 Å². The van der Waals surface area contributed by atoms with E-state index in [4.69, 9.17) is 4.74 Å². The van der Waals surface area contributed by atoms with Crippen LogP contribution in [-0.2, 0) is 6.61 Å². The van der Waals surface area contributed by atoms with Crippen LogP contribution in [0.15, 0.2) is 90.0 Å². The molecule has 0 aliphatic carbocycles. The van der Waals surface area contributed by atoms with Gasteiger partial charge in [-0.25, -0.2) is 5.43 Å². The highest BCUT2D eigenvalue weighted by Gasteiger charge is 2.12. The maximum Gasteiger partial charge on any atom is 0.272 e. The lowest BCUT2D eigenvalue weighted by Gasteiger charge is -2.10. The molecule has 0 fully saturated rings. The van der Waals surface area contributed by atoms with E-state index in [2.05, 4.69) is 41.7 Å². The first kappa shape index (κ1) is 20.4. The number of hydrogen-bond donors (Lipinski definition) is 1. The highest BCUT2D eigenvalue weighted by Crippen LogP contribution is 2.22. The van der Waals surface area contributed by atoms with Gasteiger partial charge in [0.2, 0.25) is 0 Å². The Kier molecular flexibility index (Phi) is 6.08. The lowest BCUT2D eigenvalue weighted by atomic mass is 9.99. The predicted molar refractivity (Wildman–Crippen MR) is 126 cm³/mol. The number of rotatable bonds is 6. The van der Waals surface area contributed by atoms with E-state index in [1.54, 1.807) is 6.21 Å².